The van der Waals surface area contributed by atoms with Crippen LogP contribution in [0.4, 0.5) is 0 Å². The molecule has 0 aromatic carbocycles. The fourth-order valence-corrected chi connectivity index (χ4v) is 1.34. The van der Waals surface area contributed by atoms with Gasteiger partial charge in [-0.3, -0.25) is 4.99 Å². The Labute approximate surface area is 61.7 Å². The molecule has 3 N–H and O–H groups in total. The molecule has 1 aliphatic carbocycles. The van der Waals surface area contributed by atoms with Crippen molar-refractivity contribution in [3.8, 4) is 0 Å². The lowest BCUT2D eigenvalue weighted by Crippen LogP contribution is -2.38. The number of nitrogens with two attached hydrogens (primary N) is 1. The minimum absolute atomic E-state index is 0.576. The van der Waals surface area contributed by atoms with Crippen molar-refractivity contribution in [1.82, 2.24) is 5.32 Å². The highest BCUT2D eigenvalue weighted by molar-refractivity contribution is 5.77. The molecule has 1 aliphatic rings. The number of nitrogens with zero attached hydrogens (tertiary/aromatic N) is 1. The summed E-state index contributed by atoms with van der Waals surface area (Å²) in [5.74, 6) is 0.576. The number of rotatable bonds is 1. The van der Waals surface area contributed by atoms with E-state index in [-0.39, 0.29) is 0 Å². The van der Waals surface area contributed by atoms with Gasteiger partial charge in [-0.25, -0.2) is 0 Å². The maximum atomic E-state index is 5.49. The maximum absolute atomic E-state index is 5.49. The van der Waals surface area contributed by atoms with Crippen LogP contribution >= 0.6 is 0 Å². The van der Waals surface area contributed by atoms with E-state index in [1.54, 1.807) is 7.05 Å². The Morgan fingerprint density at radius 2 is 2.10 bits per heavy atom. The highest BCUT2D eigenvalue weighted by Crippen LogP contribution is 2.16. The zero-order valence-electron chi connectivity index (χ0n) is 6.43. The third-order valence-corrected chi connectivity index (χ3v) is 1.95. The van der Waals surface area contributed by atoms with Gasteiger partial charge in [0, 0.05) is 13.1 Å². The summed E-state index contributed by atoms with van der Waals surface area (Å²) in [5, 5.41) is 3.16. The SMILES string of the molecule is CN=C(N)NC1CCCC1. The molecular formula is C7H15N3. The minimum Gasteiger partial charge on any atom is -0.370 e. The summed E-state index contributed by atoms with van der Waals surface area (Å²) in [7, 11) is 1.71. The number of aliphatic imine (C=N–C) groups is 1. The molecule has 3 heteroatoms. The first-order chi connectivity index (χ1) is 4.83. The Kier molecular flexibility index (Phi) is 2.54. The maximum Gasteiger partial charge on any atom is 0.188 e. The van der Waals surface area contributed by atoms with Gasteiger partial charge >= 0.3 is 0 Å². The van der Waals surface area contributed by atoms with Gasteiger partial charge in [-0.05, 0) is 12.8 Å². The van der Waals surface area contributed by atoms with E-state index >= 15 is 0 Å². The Hall–Kier alpha value is -0.730. The molecule has 58 valence electrons. The standard InChI is InChI=1S/C7H15N3/c1-9-7(8)10-6-4-2-3-5-6/h6H,2-5H2,1H3,(H3,8,9,10). The molecule has 0 amide bonds. The molecule has 10 heavy (non-hydrogen) atoms. The lowest BCUT2D eigenvalue weighted by molar-refractivity contribution is 0.627. The van der Waals surface area contributed by atoms with Crippen LogP contribution in [0.5, 0.6) is 0 Å². The summed E-state index contributed by atoms with van der Waals surface area (Å²) >= 11 is 0. The molecule has 0 bridgehead atoms. The van der Waals surface area contributed by atoms with Gasteiger partial charge in [-0.1, -0.05) is 12.8 Å². The first kappa shape index (κ1) is 7.38. The second-order valence-corrected chi connectivity index (χ2v) is 2.73. The fraction of sp³-hybridized carbons (Fsp3) is 0.857. The third-order valence-electron chi connectivity index (χ3n) is 1.95. The summed E-state index contributed by atoms with van der Waals surface area (Å²) < 4.78 is 0. The van der Waals surface area contributed by atoms with Crippen LogP contribution in [0.15, 0.2) is 4.99 Å². The van der Waals surface area contributed by atoms with Crippen LogP contribution in [-0.2, 0) is 0 Å². The van der Waals surface area contributed by atoms with Gasteiger partial charge in [0.1, 0.15) is 0 Å². The van der Waals surface area contributed by atoms with Crippen LogP contribution in [0.3, 0.4) is 0 Å². The predicted octanol–water partition coefficient (Wildman–Crippen LogP) is 0.463. The molecule has 0 radical (unpaired) electrons. The van der Waals surface area contributed by atoms with E-state index in [1.165, 1.54) is 25.7 Å². The fourth-order valence-electron chi connectivity index (χ4n) is 1.34. The van der Waals surface area contributed by atoms with E-state index in [0.29, 0.717) is 12.0 Å². The van der Waals surface area contributed by atoms with Crippen molar-refractivity contribution in [1.29, 1.82) is 0 Å². The molecule has 0 saturated heterocycles. The molecule has 1 rings (SSSR count). The molecule has 0 spiro atoms. The molecule has 3 nitrogen and oxygen atoms in total. The zero-order chi connectivity index (χ0) is 7.40. The van der Waals surface area contributed by atoms with Crippen LogP contribution in [0.1, 0.15) is 25.7 Å². The van der Waals surface area contributed by atoms with E-state index in [4.69, 9.17) is 5.73 Å². The summed E-state index contributed by atoms with van der Waals surface area (Å²) in [6.07, 6.45) is 5.15. The molecule has 0 aromatic heterocycles. The van der Waals surface area contributed by atoms with Crippen LogP contribution < -0.4 is 11.1 Å². The van der Waals surface area contributed by atoms with Crippen molar-refractivity contribution in [2.24, 2.45) is 10.7 Å². The van der Waals surface area contributed by atoms with Crippen molar-refractivity contribution in [2.75, 3.05) is 7.05 Å². The number of hydrogen-bond donors (Lipinski definition) is 2. The molecule has 0 aromatic rings. The Bertz CT molecular complexity index is 125. The van der Waals surface area contributed by atoms with Crippen molar-refractivity contribution in [2.45, 2.75) is 31.7 Å². The van der Waals surface area contributed by atoms with E-state index in [9.17, 15) is 0 Å². The number of guanidine groups is 1. The topological polar surface area (TPSA) is 50.4 Å². The average molecular weight is 141 g/mol. The van der Waals surface area contributed by atoms with Gasteiger partial charge in [-0.2, -0.15) is 0 Å². The monoisotopic (exact) mass is 141 g/mol. The molecule has 0 atom stereocenters. The second-order valence-electron chi connectivity index (χ2n) is 2.73. The van der Waals surface area contributed by atoms with Gasteiger partial charge in [0.05, 0.1) is 0 Å². The first-order valence-corrected chi connectivity index (χ1v) is 3.81. The summed E-state index contributed by atoms with van der Waals surface area (Å²) in [4.78, 5) is 3.84. The lowest BCUT2D eigenvalue weighted by Gasteiger charge is -2.10. The van der Waals surface area contributed by atoms with Gasteiger partial charge in [0.15, 0.2) is 5.96 Å². The minimum atomic E-state index is 0.576. The van der Waals surface area contributed by atoms with Crippen molar-refractivity contribution >= 4 is 5.96 Å². The number of nitrogens with one attached hydrogen (secondary N) is 1. The van der Waals surface area contributed by atoms with Crippen molar-refractivity contribution < 1.29 is 0 Å². The van der Waals surface area contributed by atoms with E-state index in [2.05, 4.69) is 10.3 Å². The van der Waals surface area contributed by atoms with Gasteiger partial charge < -0.3 is 11.1 Å². The normalized spacial score (nSPS) is 21.5. The number of hydrogen-bond acceptors (Lipinski definition) is 1. The molecule has 0 heterocycles. The van der Waals surface area contributed by atoms with Crippen LogP contribution in [-0.4, -0.2) is 19.0 Å². The molecule has 0 aliphatic heterocycles. The molecule has 1 saturated carbocycles. The zero-order valence-corrected chi connectivity index (χ0v) is 6.43. The van der Waals surface area contributed by atoms with Crippen molar-refractivity contribution in [3.05, 3.63) is 0 Å². The highest BCUT2D eigenvalue weighted by atomic mass is 15.1. The highest BCUT2D eigenvalue weighted by Gasteiger charge is 2.14. The van der Waals surface area contributed by atoms with Gasteiger partial charge in [0.2, 0.25) is 0 Å². The quantitative estimate of drug-likeness (QED) is 0.412. The van der Waals surface area contributed by atoms with E-state index in [0.717, 1.165) is 0 Å². The Morgan fingerprint density at radius 3 is 2.60 bits per heavy atom. The van der Waals surface area contributed by atoms with Crippen molar-refractivity contribution in [3.63, 3.8) is 0 Å². The van der Waals surface area contributed by atoms with Crippen LogP contribution in [0.2, 0.25) is 0 Å². The third kappa shape index (κ3) is 1.90. The van der Waals surface area contributed by atoms with Gasteiger partial charge in [-0.15, -0.1) is 0 Å². The average Bonchev–Trinajstić information content (AvgIpc) is 2.40. The molecule has 0 unspecified atom stereocenters. The van der Waals surface area contributed by atoms with E-state index in [1.807, 2.05) is 0 Å². The van der Waals surface area contributed by atoms with E-state index < -0.39 is 0 Å². The summed E-state index contributed by atoms with van der Waals surface area (Å²) in [6, 6.07) is 0.587. The van der Waals surface area contributed by atoms with Crippen LogP contribution in [0.25, 0.3) is 0 Å². The lowest BCUT2D eigenvalue weighted by atomic mass is 10.3. The Morgan fingerprint density at radius 1 is 1.50 bits per heavy atom. The molecular weight excluding hydrogens is 126 g/mol. The van der Waals surface area contributed by atoms with Gasteiger partial charge in [0.25, 0.3) is 0 Å². The predicted molar refractivity (Wildman–Crippen MR) is 42.9 cm³/mol. The smallest absolute Gasteiger partial charge is 0.188 e. The summed E-state index contributed by atoms with van der Waals surface area (Å²) in [6.45, 7) is 0. The summed E-state index contributed by atoms with van der Waals surface area (Å²) in [5.41, 5.74) is 5.49. The largest absolute Gasteiger partial charge is 0.370 e. The Balaban J connectivity index is 2.24. The first-order valence-electron chi connectivity index (χ1n) is 3.81. The second kappa shape index (κ2) is 3.44. The molecule has 1 fully saturated rings. The van der Waals surface area contributed by atoms with Crippen LogP contribution in [0, 0.1) is 0 Å².